The van der Waals surface area contributed by atoms with Gasteiger partial charge in [0.25, 0.3) is 0 Å². The van der Waals surface area contributed by atoms with E-state index in [2.05, 4.69) is 10.6 Å². The number of fused-ring (bicyclic) bond motifs is 1. The first-order chi connectivity index (χ1) is 20.8. The largest absolute Gasteiger partial charge is 0.493 e. The molecule has 3 aliphatic heterocycles. The molecule has 1 spiro atoms. The maximum atomic E-state index is 14.3. The second kappa shape index (κ2) is 11.8. The SMILES string of the molecule is COc1ccc(CCN2C(=O)[C@H]3[C@@H](C(=O)Nc4ccc(C)c(Cl)c4)[C@H]4C=C[C@@]3(O4)[C@H]2C(=O)NC2CCCCC2)cc1OC. The number of hydrogen-bond acceptors (Lipinski definition) is 6. The van der Waals surface area contributed by atoms with Crippen LogP contribution in [-0.2, 0) is 25.5 Å². The van der Waals surface area contributed by atoms with E-state index in [0.717, 1.165) is 43.2 Å². The van der Waals surface area contributed by atoms with Gasteiger partial charge in [0.2, 0.25) is 17.7 Å². The van der Waals surface area contributed by atoms with Crippen LogP contribution < -0.4 is 20.1 Å². The summed E-state index contributed by atoms with van der Waals surface area (Å²) in [6, 6.07) is 10.1. The molecule has 4 aliphatic rings. The topological polar surface area (TPSA) is 106 Å². The molecule has 10 heteroatoms. The number of aryl methyl sites for hydroxylation is 1. The van der Waals surface area contributed by atoms with Crippen LogP contribution in [0.1, 0.15) is 43.2 Å². The number of carbonyl (C=O) groups excluding carboxylic acids is 3. The zero-order valence-electron chi connectivity index (χ0n) is 24.7. The van der Waals surface area contributed by atoms with Gasteiger partial charge in [-0.15, -0.1) is 0 Å². The van der Waals surface area contributed by atoms with Crippen LogP contribution in [0.4, 0.5) is 5.69 Å². The van der Waals surface area contributed by atoms with Gasteiger partial charge >= 0.3 is 0 Å². The number of nitrogens with one attached hydrogen (secondary N) is 2. The molecular weight excluding hydrogens is 570 g/mol. The number of anilines is 1. The van der Waals surface area contributed by atoms with Crippen molar-refractivity contribution in [3.05, 3.63) is 64.7 Å². The lowest BCUT2D eigenvalue weighted by Gasteiger charge is -2.34. The number of carbonyl (C=O) groups is 3. The van der Waals surface area contributed by atoms with Crippen LogP contribution in [0.2, 0.25) is 5.02 Å². The molecule has 2 N–H and O–H groups in total. The summed E-state index contributed by atoms with van der Waals surface area (Å²) in [4.78, 5) is 43.7. The van der Waals surface area contributed by atoms with Crippen molar-refractivity contribution in [2.75, 3.05) is 26.1 Å². The maximum Gasteiger partial charge on any atom is 0.246 e. The summed E-state index contributed by atoms with van der Waals surface area (Å²) in [7, 11) is 3.16. The van der Waals surface area contributed by atoms with Crippen LogP contribution in [0.25, 0.3) is 0 Å². The number of hydrogen-bond donors (Lipinski definition) is 2. The second-order valence-corrected chi connectivity index (χ2v) is 12.4. The molecule has 1 saturated carbocycles. The van der Waals surface area contributed by atoms with Gasteiger partial charge in [-0.3, -0.25) is 14.4 Å². The maximum absolute atomic E-state index is 14.3. The minimum Gasteiger partial charge on any atom is -0.493 e. The first-order valence-electron chi connectivity index (χ1n) is 15.0. The van der Waals surface area contributed by atoms with Crippen molar-refractivity contribution in [3.63, 3.8) is 0 Å². The van der Waals surface area contributed by atoms with E-state index in [0.29, 0.717) is 28.6 Å². The number of halogens is 1. The van der Waals surface area contributed by atoms with Crippen LogP contribution in [-0.4, -0.2) is 67.2 Å². The summed E-state index contributed by atoms with van der Waals surface area (Å²) >= 11 is 6.30. The van der Waals surface area contributed by atoms with Crippen molar-refractivity contribution in [2.24, 2.45) is 11.8 Å². The molecule has 228 valence electrons. The Morgan fingerprint density at radius 1 is 1.05 bits per heavy atom. The Bertz CT molecular complexity index is 1460. The van der Waals surface area contributed by atoms with Crippen LogP contribution in [0.15, 0.2) is 48.6 Å². The van der Waals surface area contributed by atoms with Gasteiger partial charge in [0.05, 0.1) is 32.2 Å². The Kier molecular flexibility index (Phi) is 8.13. The highest BCUT2D eigenvalue weighted by atomic mass is 35.5. The van der Waals surface area contributed by atoms with Crippen LogP contribution in [0.3, 0.4) is 0 Å². The number of benzene rings is 2. The summed E-state index contributed by atoms with van der Waals surface area (Å²) in [5, 5.41) is 6.71. The Labute approximate surface area is 256 Å². The highest BCUT2D eigenvalue weighted by molar-refractivity contribution is 6.31. The van der Waals surface area contributed by atoms with Gasteiger partial charge in [0, 0.05) is 23.3 Å². The number of rotatable bonds is 9. The molecule has 3 amide bonds. The Morgan fingerprint density at radius 3 is 2.53 bits per heavy atom. The number of nitrogens with zero attached hydrogens (tertiary/aromatic N) is 1. The molecule has 3 fully saturated rings. The van der Waals surface area contributed by atoms with Crippen LogP contribution in [0, 0.1) is 18.8 Å². The summed E-state index contributed by atoms with van der Waals surface area (Å²) in [5.74, 6) is -1.22. The molecule has 2 aromatic rings. The molecule has 5 atom stereocenters. The Hall–Kier alpha value is -3.56. The monoisotopic (exact) mass is 607 g/mol. The molecule has 3 heterocycles. The zero-order chi connectivity index (χ0) is 30.3. The van der Waals surface area contributed by atoms with Gasteiger partial charge < -0.3 is 29.7 Å². The smallest absolute Gasteiger partial charge is 0.246 e. The number of likely N-dealkylation sites (tertiary alicyclic amines) is 1. The predicted octanol–water partition coefficient (Wildman–Crippen LogP) is 4.45. The third-order valence-corrected chi connectivity index (χ3v) is 9.81. The van der Waals surface area contributed by atoms with E-state index in [9.17, 15) is 14.4 Å². The first kappa shape index (κ1) is 29.5. The predicted molar refractivity (Wildman–Crippen MR) is 162 cm³/mol. The number of ether oxygens (including phenoxy) is 3. The molecule has 1 aliphatic carbocycles. The standard InChI is InChI=1S/C33H38ClN3O6/c1-19-9-11-22(18-23(19)34)36-30(38)27-25-13-15-33(43-25)28(27)32(40)37(29(33)31(39)35-21-7-5-4-6-8-21)16-14-20-10-12-24(41-2)26(17-20)42-3/h9-13,15,17-18,21,25,27-29H,4-8,14,16H2,1-3H3,(H,35,39)(H,36,38)/t25-,27+,28-,29-,33+/m1/s1. The third kappa shape index (κ3) is 5.27. The fraction of sp³-hybridized carbons (Fsp3) is 0.485. The molecule has 6 rings (SSSR count). The highest BCUT2D eigenvalue weighted by Crippen LogP contribution is 2.55. The van der Waals surface area contributed by atoms with Gasteiger partial charge in [-0.1, -0.05) is 55.1 Å². The lowest BCUT2D eigenvalue weighted by Crippen LogP contribution is -2.56. The lowest BCUT2D eigenvalue weighted by molar-refractivity contribution is -0.141. The Balaban J connectivity index is 1.29. The molecular formula is C33H38ClN3O6. The summed E-state index contributed by atoms with van der Waals surface area (Å²) in [6.45, 7) is 2.16. The molecule has 9 nitrogen and oxygen atoms in total. The van der Waals surface area contributed by atoms with Gasteiger partial charge in [-0.2, -0.15) is 0 Å². The van der Waals surface area contributed by atoms with Gasteiger partial charge in [-0.25, -0.2) is 0 Å². The minimum atomic E-state index is -1.22. The summed E-state index contributed by atoms with van der Waals surface area (Å²) in [5.41, 5.74) is 1.15. The van der Waals surface area contributed by atoms with E-state index in [1.54, 1.807) is 31.3 Å². The molecule has 43 heavy (non-hydrogen) atoms. The molecule has 0 radical (unpaired) electrons. The minimum absolute atomic E-state index is 0.0625. The van der Waals surface area contributed by atoms with Crippen molar-refractivity contribution < 1.29 is 28.6 Å². The third-order valence-electron chi connectivity index (χ3n) is 9.41. The van der Waals surface area contributed by atoms with Crippen molar-refractivity contribution >= 4 is 35.0 Å². The van der Waals surface area contributed by atoms with Crippen molar-refractivity contribution in [1.29, 1.82) is 0 Å². The van der Waals surface area contributed by atoms with Crippen LogP contribution >= 0.6 is 11.6 Å². The van der Waals surface area contributed by atoms with E-state index in [1.807, 2.05) is 43.3 Å². The quantitative estimate of drug-likeness (QED) is 0.408. The van der Waals surface area contributed by atoms with E-state index < -0.39 is 29.6 Å². The first-order valence-corrected chi connectivity index (χ1v) is 15.4. The number of amides is 3. The van der Waals surface area contributed by atoms with E-state index in [4.69, 9.17) is 25.8 Å². The number of methoxy groups -OCH3 is 2. The van der Waals surface area contributed by atoms with Crippen LogP contribution in [0.5, 0.6) is 11.5 Å². The average Bonchev–Trinajstić information content (AvgIpc) is 3.65. The zero-order valence-corrected chi connectivity index (χ0v) is 25.5. The Morgan fingerprint density at radius 2 is 1.81 bits per heavy atom. The fourth-order valence-electron chi connectivity index (χ4n) is 7.22. The van der Waals surface area contributed by atoms with Gasteiger partial charge in [0.1, 0.15) is 11.6 Å². The fourth-order valence-corrected chi connectivity index (χ4v) is 7.40. The van der Waals surface area contributed by atoms with E-state index in [-0.39, 0.29) is 30.3 Å². The lowest BCUT2D eigenvalue weighted by atomic mass is 9.74. The van der Waals surface area contributed by atoms with E-state index >= 15 is 0 Å². The van der Waals surface area contributed by atoms with Crippen molar-refractivity contribution in [3.8, 4) is 11.5 Å². The normalized spacial score (nSPS) is 27.7. The average molecular weight is 608 g/mol. The molecule has 2 aromatic carbocycles. The van der Waals surface area contributed by atoms with Crippen molar-refractivity contribution in [2.45, 2.75) is 69.2 Å². The molecule has 0 unspecified atom stereocenters. The summed E-state index contributed by atoms with van der Waals surface area (Å²) < 4.78 is 17.3. The van der Waals surface area contributed by atoms with Gasteiger partial charge in [0.15, 0.2) is 11.5 Å². The molecule has 2 bridgehead atoms. The van der Waals surface area contributed by atoms with Gasteiger partial charge in [-0.05, 0) is 61.6 Å². The molecule has 2 saturated heterocycles. The highest BCUT2D eigenvalue weighted by Gasteiger charge is 2.72. The van der Waals surface area contributed by atoms with Crippen molar-refractivity contribution in [1.82, 2.24) is 10.2 Å². The van der Waals surface area contributed by atoms with E-state index in [1.165, 1.54) is 0 Å². The second-order valence-electron chi connectivity index (χ2n) is 12.0. The molecule has 0 aromatic heterocycles. The summed E-state index contributed by atoms with van der Waals surface area (Å²) in [6.07, 6.45) is 8.67.